The van der Waals surface area contributed by atoms with E-state index in [4.69, 9.17) is 4.74 Å². The minimum Gasteiger partial charge on any atom is -0.480 e. The molecule has 0 saturated carbocycles. The molecule has 2 unspecified atom stereocenters. The zero-order chi connectivity index (χ0) is 13.7. The van der Waals surface area contributed by atoms with Gasteiger partial charge in [-0.15, -0.1) is 11.3 Å². The molecule has 19 heavy (non-hydrogen) atoms. The minimum absolute atomic E-state index is 0.0608. The topological polar surface area (TPSA) is 58.6 Å². The number of ether oxygens (including phenoxy) is 1. The van der Waals surface area contributed by atoms with Crippen LogP contribution in [0.25, 0.3) is 0 Å². The van der Waals surface area contributed by atoms with Gasteiger partial charge in [0.05, 0.1) is 6.10 Å². The quantitative estimate of drug-likeness (QED) is 0.842. The molecule has 2 N–H and O–H groups in total. The summed E-state index contributed by atoms with van der Waals surface area (Å²) in [5, 5.41) is 14.9. The molecule has 1 saturated heterocycles. The van der Waals surface area contributed by atoms with Gasteiger partial charge in [0, 0.05) is 24.4 Å². The summed E-state index contributed by atoms with van der Waals surface area (Å²) in [5.74, 6) is -0.756. The first-order valence-electron chi connectivity index (χ1n) is 6.79. The fraction of sp³-hybridized carbons (Fsp3) is 0.643. The van der Waals surface area contributed by atoms with Crippen LogP contribution in [0.2, 0.25) is 0 Å². The Morgan fingerprint density at radius 3 is 3.16 bits per heavy atom. The van der Waals surface area contributed by atoms with Gasteiger partial charge in [-0.2, -0.15) is 0 Å². The molecule has 5 heteroatoms. The van der Waals surface area contributed by atoms with Crippen molar-refractivity contribution in [1.29, 1.82) is 0 Å². The van der Waals surface area contributed by atoms with Gasteiger partial charge in [-0.05, 0) is 24.3 Å². The van der Waals surface area contributed by atoms with Gasteiger partial charge in [-0.1, -0.05) is 19.4 Å². The molecule has 0 amide bonds. The molecule has 0 aromatic carbocycles. The summed E-state index contributed by atoms with van der Waals surface area (Å²) in [6, 6.07) is 4.01. The third-order valence-corrected chi connectivity index (χ3v) is 4.54. The molecule has 1 aliphatic rings. The first-order chi connectivity index (χ1) is 9.16. The molecule has 1 aromatic heterocycles. The standard InChI is InChI=1S/C14H21NO3S/c1-2-4-11-9-14(13(16)17,6-7-18-11)15-10-12-5-3-8-19-12/h3,5,8,11,15H,2,4,6-7,9-10H2,1H3,(H,16,17). The molecular weight excluding hydrogens is 262 g/mol. The van der Waals surface area contributed by atoms with Gasteiger partial charge < -0.3 is 9.84 Å². The van der Waals surface area contributed by atoms with Crippen LogP contribution in [0.4, 0.5) is 0 Å². The molecule has 1 fully saturated rings. The molecule has 2 heterocycles. The van der Waals surface area contributed by atoms with Crippen LogP contribution in [-0.2, 0) is 16.1 Å². The van der Waals surface area contributed by atoms with Crippen LogP contribution >= 0.6 is 11.3 Å². The van der Waals surface area contributed by atoms with Crippen molar-refractivity contribution in [2.24, 2.45) is 0 Å². The van der Waals surface area contributed by atoms with Crippen molar-refractivity contribution in [3.63, 3.8) is 0 Å². The second-order valence-corrected chi connectivity index (χ2v) is 6.09. The van der Waals surface area contributed by atoms with Crippen LogP contribution in [0.15, 0.2) is 17.5 Å². The molecule has 4 nitrogen and oxygen atoms in total. The average molecular weight is 283 g/mol. The maximum atomic E-state index is 11.7. The normalized spacial score (nSPS) is 27.3. The lowest BCUT2D eigenvalue weighted by molar-refractivity contribution is -0.152. The SMILES string of the molecule is CCCC1CC(NCc2cccs2)(C(=O)O)CCO1. The lowest BCUT2D eigenvalue weighted by Crippen LogP contribution is -2.57. The second-order valence-electron chi connectivity index (χ2n) is 5.06. The van der Waals surface area contributed by atoms with E-state index >= 15 is 0 Å². The van der Waals surface area contributed by atoms with Crippen molar-refractivity contribution in [2.45, 2.75) is 50.8 Å². The van der Waals surface area contributed by atoms with E-state index in [0.717, 1.165) is 12.8 Å². The van der Waals surface area contributed by atoms with E-state index in [1.807, 2.05) is 17.5 Å². The lowest BCUT2D eigenvalue weighted by atomic mass is 9.85. The largest absolute Gasteiger partial charge is 0.480 e. The van der Waals surface area contributed by atoms with Crippen molar-refractivity contribution < 1.29 is 14.6 Å². The van der Waals surface area contributed by atoms with Crippen LogP contribution in [0.5, 0.6) is 0 Å². The molecule has 0 spiro atoms. The third-order valence-electron chi connectivity index (χ3n) is 3.66. The summed E-state index contributed by atoms with van der Waals surface area (Å²) in [6.45, 7) is 3.23. The maximum Gasteiger partial charge on any atom is 0.324 e. The Morgan fingerprint density at radius 2 is 2.53 bits per heavy atom. The number of nitrogens with one attached hydrogen (secondary N) is 1. The number of hydrogen-bond donors (Lipinski definition) is 2. The van der Waals surface area contributed by atoms with Crippen molar-refractivity contribution in [3.05, 3.63) is 22.4 Å². The molecule has 2 rings (SSSR count). The van der Waals surface area contributed by atoms with E-state index in [-0.39, 0.29) is 6.10 Å². The van der Waals surface area contributed by atoms with E-state index < -0.39 is 11.5 Å². The van der Waals surface area contributed by atoms with E-state index in [1.54, 1.807) is 11.3 Å². The van der Waals surface area contributed by atoms with Gasteiger partial charge in [0.1, 0.15) is 5.54 Å². The molecule has 106 valence electrons. The highest BCUT2D eigenvalue weighted by Crippen LogP contribution is 2.28. The summed E-state index contributed by atoms with van der Waals surface area (Å²) in [6.07, 6.45) is 3.10. The van der Waals surface area contributed by atoms with Gasteiger partial charge in [0.25, 0.3) is 0 Å². The molecule has 0 bridgehead atoms. The highest BCUT2D eigenvalue weighted by Gasteiger charge is 2.43. The maximum absolute atomic E-state index is 11.7. The smallest absolute Gasteiger partial charge is 0.324 e. The zero-order valence-corrected chi connectivity index (χ0v) is 12.0. The predicted octanol–water partition coefficient (Wildman–Crippen LogP) is 2.64. The Hall–Kier alpha value is -0.910. The van der Waals surface area contributed by atoms with Crippen LogP contribution in [-0.4, -0.2) is 29.3 Å². The third kappa shape index (κ3) is 3.55. The van der Waals surface area contributed by atoms with Crippen LogP contribution in [0.1, 0.15) is 37.5 Å². The molecule has 1 aliphatic heterocycles. The van der Waals surface area contributed by atoms with Gasteiger partial charge in [0.15, 0.2) is 0 Å². The van der Waals surface area contributed by atoms with E-state index in [1.165, 1.54) is 4.88 Å². The summed E-state index contributed by atoms with van der Waals surface area (Å²) in [5.41, 5.74) is -0.831. The number of aliphatic carboxylic acids is 1. The average Bonchev–Trinajstić information content (AvgIpc) is 2.90. The first kappa shape index (κ1) is 14.5. The van der Waals surface area contributed by atoms with Gasteiger partial charge in [-0.25, -0.2) is 0 Å². The Kier molecular flexibility index (Phi) is 4.96. The number of hydrogen-bond acceptors (Lipinski definition) is 4. The van der Waals surface area contributed by atoms with E-state index in [2.05, 4.69) is 12.2 Å². The number of carboxylic acid groups (broad SMARTS) is 1. The summed E-state index contributed by atoms with van der Waals surface area (Å²) in [7, 11) is 0. The van der Waals surface area contributed by atoms with Crippen molar-refractivity contribution >= 4 is 17.3 Å². The van der Waals surface area contributed by atoms with Crippen molar-refractivity contribution in [1.82, 2.24) is 5.32 Å². The number of carbonyl (C=O) groups is 1. The predicted molar refractivity (Wildman–Crippen MR) is 75.4 cm³/mol. The first-order valence-corrected chi connectivity index (χ1v) is 7.66. The molecule has 2 atom stereocenters. The Bertz CT molecular complexity index is 405. The van der Waals surface area contributed by atoms with Gasteiger partial charge in [0.2, 0.25) is 0 Å². The highest BCUT2D eigenvalue weighted by atomic mass is 32.1. The lowest BCUT2D eigenvalue weighted by Gasteiger charge is -2.38. The van der Waals surface area contributed by atoms with Gasteiger partial charge >= 0.3 is 5.97 Å². The van der Waals surface area contributed by atoms with Gasteiger partial charge in [-0.3, -0.25) is 10.1 Å². The van der Waals surface area contributed by atoms with E-state index in [0.29, 0.717) is 26.0 Å². The highest BCUT2D eigenvalue weighted by molar-refractivity contribution is 7.09. The number of rotatable bonds is 6. The molecule has 1 aromatic rings. The Labute approximate surface area is 117 Å². The Morgan fingerprint density at radius 1 is 1.68 bits per heavy atom. The van der Waals surface area contributed by atoms with Crippen LogP contribution in [0.3, 0.4) is 0 Å². The Balaban J connectivity index is 2.02. The molecular formula is C14H21NO3S. The molecule has 0 radical (unpaired) electrons. The minimum atomic E-state index is -0.831. The summed E-state index contributed by atoms with van der Waals surface area (Å²) >= 11 is 1.65. The number of carboxylic acids is 1. The van der Waals surface area contributed by atoms with E-state index in [9.17, 15) is 9.90 Å². The number of thiophene rings is 1. The molecule has 0 aliphatic carbocycles. The summed E-state index contributed by atoms with van der Waals surface area (Å²) < 4.78 is 5.66. The fourth-order valence-corrected chi connectivity index (χ4v) is 3.20. The zero-order valence-electron chi connectivity index (χ0n) is 11.2. The van der Waals surface area contributed by atoms with Crippen molar-refractivity contribution in [2.75, 3.05) is 6.61 Å². The van der Waals surface area contributed by atoms with Crippen molar-refractivity contribution in [3.8, 4) is 0 Å². The second kappa shape index (κ2) is 6.50. The van der Waals surface area contributed by atoms with Crippen LogP contribution < -0.4 is 5.32 Å². The monoisotopic (exact) mass is 283 g/mol. The fourth-order valence-electron chi connectivity index (χ4n) is 2.56. The van der Waals surface area contributed by atoms with Crippen LogP contribution in [0, 0.1) is 0 Å². The summed E-state index contributed by atoms with van der Waals surface area (Å²) in [4.78, 5) is 12.8.